The standard InChI is InChI=1S/C48H36S.C45H27NO.C38H24O/c1-29-25-39-41(27-31(29)3)46(42-28-32(4)30(2)26-40(42)45(39)34-15-9-6-10-16-34)35-19-21-36(22-20-35)47-37(33-13-7-5-8-14-33)23-24-44-48(47)38-17-11-12-18-43(38)49-44;46-28-29-19-24-37-39(27-29)43(31-11-3-1-4-12-31)36-16-8-7-15-35(36)42(37)33-22-20-30(21-23-33)34-25-26-41-45(38-17-9-10-18-40(38)47-41)44(34)32-13-5-2-6-14-32;1-2-10-26(11-3-1)37-30-13-4-6-15-32(30)38(33-16-7-5-14-31(33)37)27-20-18-25(19-21-27)28-22-23-36-34(24-28)29-12-8-9-17-35(29)39-36/h5-28H,1-4H3;1-27H;1-24H/i;;18D,19D,20D,21D,22D,23D,24D. The zero-order valence-corrected chi connectivity index (χ0v) is 75.2. The average molecular weight is 1750 g/mol. The van der Waals surface area contributed by atoms with Gasteiger partial charge in [0.25, 0.3) is 0 Å². The minimum atomic E-state index is -0.381. The Morgan fingerprint density at radius 1 is 0.207 bits per heavy atom. The quantitative estimate of drug-likeness (QED) is 0.121. The molecule has 26 aromatic rings. The van der Waals surface area contributed by atoms with Crippen molar-refractivity contribution in [1.29, 1.82) is 5.26 Å². The Bertz CT molecular complexity index is 9560. The van der Waals surface area contributed by atoms with Gasteiger partial charge in [0.1, 0.15) is 22.3 Å². The lowest BCUT2D eigenvalue weighted by molar-refractivity contribution is 0.668. The summed E-state index contributed by atoms with van der Waals surface area (Å²) in [4.78, 5) is 0. The van der Waals surface area contributed by atoms with E-state index in [-0.39, 0.29) is 64.6 Å². The number of nitrogens with zero attached hydrogens (tertiary/aromatic N) is 1. The Balaban J connectivity index is 0.000000115. The maximum atomic E-state index is 9.86. The van der Waals surface area contributed by atoms with E-state index in [1.54, 1.807) is 24.3 Å². The van der Waals surface area contributed by atoms with E-state index in [1.807, 2.05) is 108 Å². The van der Waals surface area contributed by atoms with Crippen LogP contribution in [0, 0.1) is 39.0 Å². The van der Waals surface area contributed by atoms with Gasteiger partial charge in [0.2, 0.25) is 0 Å². The minimum absolute atomic E-state index is 0.0864. The molecule has 3 aromatic heterocycles. The van der Waals surface area contributed by atoms with E-state index in [0.717, 1.165) is 98.8 Å². The molecule has 3 nitrogen and oxygen atoms in total. The van der Waals surface area contributed by atoms with E-state index in [1.165, 1.54) is 130 Å². The number of thiophene rings is 1. The smallest absolute Gasteiger partial charge is 0.136 e. The molecule has 0 spiro atoms. The van der Waals surface area contributed by atoms with Gasteiger partial charge in [-0.15, -0.1) is 11.3 Å². The molecule has 4 heteroatoms. The van der Waals surface area contributed by atoms with Crippen LogP contribution in [0.25, 0.3) is 251 Å². The third-order valence-corrected chi connectivity index (χ3v) is 28.2. The van der Waals surface area contributed by atoms with Gasteiger partial charge in [-0.05, 0) is 286 Å². The van der Waals surface area contributed by atoms with Gasteiger partial charge in [-0.2, -0.15) is 5.26 Å². The van der Waals surface area contributed by atoms with Gasteiger partial charge < -0.3 is 8.83 Å². The first kappa shape index (κ1) is 73.7. The van der Waals surface area contributed by atoms with E-state index >= 15 is 0 Å². The molecule has 0 atom stereocenters. The third kappa shape index (κ3) is 14.3. The van der Waals surface area contributed by atoms with Crippen LogP contribution in [0.5, 0.6) is 0 Å². The summed E-state index contributed by atoms with van der Waals surface area (Å²) in [6, 6.07) is 145. The van der Waals surface area contributed by atoms with Crippen molar-refractivity contribution < 1.29 is 18.4 Å². The van der Waals surface area contributed by atoms with Gasteiger partial charge in [-0.3, -0.25) is 0 Å². The summed E-state index contributed by atoms with van der Waals surface area (Å²) in [7, 11) is 0. The monoisotopic (exact) mass is 1740 g/mol. The van der Waals surface area contributed by atoms with Crippen LogP contribution in [0.4, 0.5) is 0 Å². The van der Waals surface area contributed by atoms with Gasteiger partial charge >= 0.3 is 0 Å². The Kier molecular flexibility index (Phi) is 18.6. The summed E-state index contributed by atoms with van der Waals surface area (Å²) in [6.45, 7) is 8.96. The lowest BCUT2D eigenvalue weighted by Crippen LogP contribution is -1.95. The lowest BCUT2D eigenvalue weighted by atomic mass is 9.83. The second-order valence-corrected chi connectivity index (χ2v) is 36.0. The number of hydrogen-bond acceptors (Lipinski definition) is 4. The number of aryl methyl sites for hydroxylation is 4. The highest BCUT2D eigenvalue weighted by atomic mass is 32.1. The average Bonchev–Trinajstić information content (AvgIpc) is 1.23. The highest BCUT2D eigenvalue weighted by Crippen LogP contribution is 2.53. The first-order valence-electron chi connectivity index (χ1n) is 49.2. The summed E-state index contributed by atoms with van der Waals surface area (Å²) >= 11 is 1.88. The van der Waals surface area contributed by atoms with Crippen molar-refractivity contribution >= 4 is 140 Å². The first-order chi connectivity index (χ1) is 69.5. The molecule has 0 aliphatic heterocycles. The molecule has 26 rings (SSSR count). The fourth-order valence-electron chi connectivity index (χ4n) is 20.5. The highest BCUT2D eigenvalue weighted by Gasteiger charge is 2.26. The van der Waals surface area contributed by atoms with Crippen LogP contribution in [0.15, 0.2) is 464 Å². The van der Waals surface area contributed by atoms with E-state index < -0.39 is 0 Å². The number of nitriles is 1. The first-order valence-corrected chi connectivity index (χ1v) is 46.5. The Labute approximate surface area is 797 Å². The second kappa shape index (κ2) is 34.0. The summed E-state index contributed by atoms with van der Waals surface area (Å²) in [5, 5.41) is 28.9. The van der Waals surface area contributed by atoms with Crippen molar-refractivity contribution in [3.05, 3.63) is 483 Å². The SMILES string of the molecule is Cc1cc2c(-c3ccccc3)c3cc(C)c(C)cc3c(-c3ccc(-c4c(-c5ccccc5)ccc5sc6ccccc6c45)cc3)c2cc1C.N#Cc1ccc2c(-c3ccc(-c4ccc5oc6ccccc6c5c4-c4ccccc4)cc3)c3ccccc3c(-c3ccccc3)c2c1.[2H]c1c([2H])c(-c2c3ccccc3c(-c3ccccc3)c3ccccc23)c([2H])c([2H])c1-c1c([2H])c([2H])c2oc3ccccc3c2c1[2H]. The van der Waals surface area contributed by atoms with Crippen molar-refractivity contribution in [2.45, 2.75) is 27.7 Å². The van der Waals surface area contributed by atoms with Crippen molar-refractivity contribution in [3.63, 3.8) is 0 Å². The number of rotatable bonds is 11. The molecule has 135 heavy (non-hydrogen) atoms. The van der Waals surface area contributed by atoms with Crippen LogP contribution in [0.1, 0.15) is 37.4 Å². The Morgan fingerprint density at radius 3 is 1.01 bits per heavy atom. The minimum Gasteiger partial charge on any atom is -0.456 e. The molecule has 0 unspecified atom stereocenters. The van der Waals surface area contributed by atoms with Crippen molar-refractivity contribution in [2.75, 3.05) is 0 Å². The van der Waals surface area contributed by atoms with E-state index in [4.69, 9.17) is 12.9 Å². The van der Waals surface area contributed by atoms with Crippen LogP contribution in [-0.4, -0.2) is 0 Å². The molecule has 0 saturated carbocycles. The molecule has 0 fully saturated rings. The normalized spacial score (nSPS) is 12.3. The molecule has 0 aliphatic carbocycles. The number of hydrogen-bond donors (Lipinski definition) is 0. The Morgan fingerprint density at radius 2 is 0.526 bits per heavy atom. The maximum absolute atomic E-state index is 9.86. The maximum Gasteiger partial charge on any atom is 0.136 e. The van der Waals surface area contributed by atoms with E-state index in [0.29, 0.717) is 27.5 Å². The number of fused-ring (bicyclic) bond motifs is 15. The molecule has 0 aliphatic rings. The molecule has 0 N–H and O–H groups in total. The third-order valence-electron chi connectivity index (χ3n) is 27.1. The molecule has 0 radical (unpaired) electrons. The van der Waals surface area contributed by atoms with Gasteiger partial charge in [-0.25, -0.2) is 0 Å². The molecular weight excluding hydrogens is 1650 g/mol. The molecule has 3 heterocycles. The topological polar surface area (TPSA) is 50.1 Å². The van der Waals surface area contributed by atoms with Gasteiger partial charge in [0.15, 0.2) is 0 Å². The van der Waals surface area contributed by atoms with E-state index in [9.17, 15) is 10.7 Å². The number of para-hydroxylation sites is 2. The van der Waals surface area contributed by atoms with Gasteiger partial charge in [-0.1, -0.05) is 400 Å². The van der Waals surface area contributed by atoms with Crippen LogP contribution in [0.3, 0.4) is 0 Å². The van der Waals surface area contributed by atoms with Gasteiger partial charge in [0, 0.05) is 47.3 Å². The highest BCUT2D eigenvalue weighted by molar-refractivity contribution is 7.26. The summed E-state index contributed by atoms with van der Waals surface area (Å²) in [5.41, 5.74) is 30.1. The zero-order chi connectivity index (χ0) is 96.4. The van der Waals surface area contributed by atoms with Crippen LogP contribution < -0.4 is 0 Å². The largest absolute Gasteiger partial charge is 0.456 e. The number of furan rings is 2. The lowest BCUT2D eigenvalue weighted by Gasteiger charge is -2.21. The van der Waals surface area contributed by atoms with Crippen LogP contribution in [0.2, 0.25) is 0 Å². The van der Waals surface area contributed by atoms with Crippen molar-refractivity contribution in [3.8, 4) is 128 Å². The predicted octanol–water partition coefficient (Wildman–Crippen LogP) is 37.6. The fraction of sp³-hybridized carbons (Fsp3) is 0.0305. The Hall–Kier alpha value is -17.1. The number of benzene rings is 23. The van der Waals surface area contributed by atoms with Crippen LogP contribution >= 0.6 is 11.3 Å². The fourth-order valence-corrected chi connectivity index (χ4v) is 21.7. The predicted molar refractivity (Wildman–Crippen MR) is 575 cm³/mol. The zero-order valence-electron chi connectivity index (χ0n) is 81.4. The van der Waals surface area contributed by atoms with Crippen LogP contribution in [-0.2, 0) is 0 Å². The molecule has 0 bridgehead atoms. The summed E-state index contributed by atoms with van der Waals surface area (Å²) in [5.74, 6) is 0. The molecular formula is C131H87NO2S. The van der Waals surface area contributed by atoms with Crippen molar-refractivity contribution in [2.24, 2.45) is 0 Å². The summed E-state index contributed by atoms with van der Waals surface area (Å²) in [6.07, 6.45) is 0. The molecule has 0 amide bonds. The molecule has 23 aromatic carbocycles. The summed E-state index contributed by atoms with van der Waals surface area (Å²) < 4.78 is 78.5. The van der Waals surface area contributed by atoms with Crippen molar-refractivity contribution in [1.82, 2.24) is 0 Å². The van der Waals surface area contributed by atoms with Gasteiger partial charge in [0.05, 0.1) is 21.2 Å². The molecule has 0 saturated heterocycles. The van der Waals surface area contributed by atoms with E-state index in [2.05, 4.69) is 325 Å². The second-order valence-electron chi connectivity index (χ2n) is 34.9. The molecule has 634 valence electrons.